The zero-order valence-corrected chi connectivity index (χ0v) is 24.4. The molecule has 0 spiro atoms. The highest BCUT2D eigenvalue weighted by Gasteiger charge is 2.35. The van der Waals surface area contributed by atoms with Crippen LogP contribution in [0.5, 0.6) is 11.5 Å². The van der Waals surface area contributed by atoms with Crippen molar-refractivity contribution in [3.8, 4) is 11.5 Å². The first kappa shape index (κ1) is 26.5. The van der Waals surface area contributed by atoms with Crippen LogP contribution in [-0.4, -0.2) is 29.2 Å². The molecule has 0 aliphatic carbocycles. The third-order valence-electron chi connectivity index (χ3n) is 6.02. The molecule has 4 aromatic rings. The van der Waals surface area contributed by atoms with E-state index in [1.807, 2.05) is 73.7 Å². The van der Waals surface area contributed by atoms with E-state index in [0.29, 0.717) is 17.3 Å². The highest BCUT2D eigenvalue weighted by molar-refractivity contribution is 9.11. The van der Waals surface area contributed by atoms with Crippen molar-refractivity contribution < 1.29 is 19.1 Å². The number of hydrogen-bond acceptors (Lipinski definition) is 5. The number of amides is 2. The van der Waals surface area contributed by atoms with Crippen molar-refractivity contribution in [2.75, 3.05) is 13.2 Å². The van der Waals surface area contributed by atoms with Crippen LogP contribution in [0, 0.1) is 6.92 Å². The molecular weight excluding hydrogens is 630 g/mol. The van der Waals surface area contributed by atoms with Gasteiger partial charge in [-0.25, -0.2) is 0 Å². The van der Waals surface area contributed by atoms with Gasteiger partial charge < -0.3 is 9.47 Å². The number of benzene rings is 4. The Balaban J connectivity index is 1.24. The van der Waals surface area contributed by atoms with Gasteiger partial charge in [-0.05, 0) is 91.3 Å². The van der Waals surface area contributed by atoms with Crippen molar-refractivity contribution in [2.24, 2.45) is 0 Å². The molecule has 2 amide bonds. The van der Waals surface area contributed by atoms with Gasteiger partial charge in [0.25, 0.3) is 11.1 Å². The number of imide groups is 1. The molecule has 1 aliphatic rings. The molecule has 0 aromatic heterocycles. The van der Waals surface area contributed by atoms with Gasteiger partial charge in [0.05, 0.1) is 20.4 Å². The maximum atomic E-state index is 13.0. The highest BCUT2D eigenvalue weighted by atomic mass is 79.9. The third kappa shape index (κ3) is 5.98. The van der Waals surface area contributed by atoms with E-state index in [2.05, 4.69) is 44.0 Å². The lowest BCUT2D eigenvalue weighted by Crippen LogP contribution is -2.32. The molecule has 1 fully saturated rings. The van der Waals surface area contributed by atoms with Gasteiger partial charge in [-0.3, -0.25) is 14.5 Å². The molecule has 4 aromatic carbocycles. The fraction of sp³-hybridized carbons (Fsp3) is 0.133. The fourth-order valence-corrected chi connectivity index (χ4v) is 6.37. The molecule has 0 N–H and O–H groups in total. The van der Waals surface area contributed by atoms with E-state index in [4.69, 9.17) is 9.47 Å². The minimum atomic E-state index is -0.325. The van der Waals surface area contributed by atoms with Crippen LogP contribution in [0.1, 0.15) is 16.7 Å². The summed E-state index contributed by atoms with van der Waals surface area (Å²) in [5.74, 6) is 1.07. The molecule has 5 rings (SSSR count). The Labute approximate surface area is 242 Å². The predicted molar refractivity (Wildman–Crippen MR) is 159 cm³/mol. The van der Waals surface area contributed by atoms with Crippen molar-refractivity contribution >= 4 is 71.6 Å². The second-order valence-electron chi connectivity index (χ2n) is 8.75. The van der Waals surface area contributed by atoms with E-state index in [1.165, 1.54) is 10.5 Å². The fourth-order valence-electron chi connectivity index (χ4n) is 4.05. The lowest BCUT2D eigenvalue weighted by Gasteiger charge is -2.14. The van der Waals surface area contributed by atoms with Gasteiger partial charge in [-0.1, -0.05) is 66.2 Å². The van der Waals surface area contributed by atoms with E-state index in [-0.39, 0.29) is 24.3 Å². The van der Waals surface area contributed by atoms with Crippen molar-refractivity contribution in [1.82, 2.24) is 4.90 Å². The van der Waals surface area contributed by atoms with Gasteiger partial charge in [0.1, 0.15) is 24.7 Å². The van der Waals surface area contributed by atoms with Crippen molar-refractivity contribution in [1.29, 1.82) is 0 Å². The number of carbonyl (C=O) groups is 2. The molecule has 0 bridgehead atoms. The Kier molecular flexibility index (Phi) is 8.21. The molecule has 0 atom stereocenters. The average Bonchev–Trinajstić information content (AvgIpc) is 3.16. The molecule has 38 heavy (non-hydrogen) atoms. The number of rotatable bonds is 8. The Bertz CT molecular complexity index is 1520. The molecule has 192 valence electrons. The van der Waals surface area contributed by atoms with Crippen LogP contribution in [0.15, 0.2) is 92.7 Å². The van der Waals surface area contributed by atoms with E-state index >= 15 is 0 Å². The molecule has 0 saturated carbocycles. The lowest BCUT2D eigenvalue weighted by atomic mass is 10.1. The minimum Gasteiger partial charge on any atom is -0.491 e. The number of ether oxygens (including phenoxy) is 2. The second kappa shape index (κ2) is 11.8. The monoisotopic (exact) mass is 651 g/mol. The van der Waals surface area contributed by atoms with E-state index in [9.17, 15) is 9.59 Å². The largest absolute Gasteiger partial charge is 0.491 e. The Morgan fingerprint density at radius 2 is 1.61 bits per heavy atom. The topological polar surface area (TPSA) is 55.8 Å². The minimum absolute atomic E-state index is 0.171. The molecule has 0 radical (unpaired) electrons. The number of carbonyl (C=O) groups excluding carboxylic acids is 2. The molecule has 1 aliphatic heterocycles. The van der Waals surface area contributed by atoms with Crippen LogP contribution in [0.2, 0.25) is 0 Å². The summed E-state index contributed by atoms with van der Waals surface area (Å²) in [6.07, 6.45) is 1.72. The standard InChI is InChI=1S/C30H23Br2NO4S/c1-19-9-11-20(12-10-19)18-37-28-24(31)15-21(16-25(28)32)17-27-29(34)33(30(35)38-27)13-14-36-26-8-4-6-22-5-2-3-7-23(22)26/h2-12,15-17H,13-14,18H2,1H3/b27-17-. The van der Waals surface area contributed by atoms with E-state index < -0.39 is 0 Å². The van der Waals surface area contributed by atoms with Crippen LogP contribution in [0.4, 0.5) is 4.79 Å². The average molecular weight is 653 g/mol. The van der Waals surface area contributed by atoms with Crippen LogP contribution in [-0.2, 0) is 11.4 Å². The molecular formula is C30H23Br2NO4S. The summed E-state index contributed by atoms with van der Waals surface area (Å²) < 4.78 is 13.4. The quantitative estimate of drug-likeness (QED) is 0.179. The van der Waals surface area contributed by atoms with Crippen LogP contribution in [0.3, 0.4) is 0 Å². The zero-order chi connectivity index (χ0) is 26.6. The summed E-state index contributed by atoms with van der Waals surface area (Å²) in [5.41, 5.74) is 3.03. The van der Waals surface area contributed by atoms with Crippen molar-refractivity contribution in [2.45, 2.75) is 13.5 Å². The first-order valence-electron chi connectivity index (χ1n) is 11.9. The van der Waals surface area contributed by atoms with Gasteiger partial charge in [-0.15, -0.1) is 0 Å². The number of hydrogen-bond donors (Lipinski definition) is 0. The third-order valence-corrected chi connectivity index (χ3v) is 8.10. The maximum absolute atomic E-state index is 13.0. The number of halogens is 2. The molecule has 1 saturated heterocycles. The van der Waals surface area contributed by atoms with Gasteiger partial charge in [0.15, 0.2) is 0 Å². The Hall–Kier alpha value is -3.07. The highest BCUT2D eigenvalue weighted by Crippen LogP contribution is 2.38. The SMILES string of the molecule is Cc1ccc(COc2c(Br)cc(/C=C3\SC(=O)N(CCOc4cccc5ccccc45)C3=O)cc2Br)cc1. The summed E-state index contributed by atoms with van der Waals surface area (Å²) >= 11 is 8.08. The van der Waals surface area contributed by atoms with Gasteiger partial charge in [0.2, 0.25) is 0 Å². The maximum Gasteiger partial charge on any atom is 0.293 e. The van der Waals surface area contributed by atoms with Crippen molar-refractivity contribution in [3.05, 3.63) is 109 Å². The number of fused-ring (bicyclic) bond motifs is 1. The summed E-state index contributed by atoms with van der Waals surface area (Å²) in [4.78, 5) is 27.2. The molecule has 5 nitrogen and oxygen atoms in total. The van der Waals surface area contributed by atoms with Gasteiger partial charge in [0, 0.05) is 5.39 Å². The lowest BCUT2D eigenvalue weighted by molar-refractivity contribution is -0.123. The molecule has 0 unspecified atom stereocenters. The Morgan fingerprint density at radius 1 is 0.895 bits per heavy atom. The predicted octanol–water partition coefficient (Wildman–Crippen LogP) is 8.37. The molecule has 1 heterocycles. The van der Waals surface area contributed by atoms with E-state index in [0.717, 1.165) is 48.4 Å². The number of thioether (sulfide) groups is 1. The zero-order valence-electron chi connectivity index (χ0n) is 20.4. The van der Waals surface area contributed by atoms with Crippen LogP contribution < -0.4 is 9.47 Å². The van der Waals surface area contributed by atoms with Gasteiger partial charge >= 0.3 is 0 Å². The van der Waals surface area contributed by atoms with Crippen LogP contribution in [0.25, 0.3) is 16.8 Å². The second-order valence-corrected chi connectivity index (χ2v) is 11.4. The first-order valence-corrected chi connectivity index (χ1v) is 14.3. The summed E-state index contributed by atoms with van der Waals surface area (Å²) in [6, 6.07) is 25.7. The normalized spacial score (nSPS) is 14.5. The van der Waals surface area contributed by atoms with Gasteiger partial charge in [-0.2, -0.15) is 0 Å². The Morgan fingerprint density at radius 3 is 2.37 bits per heavy atom. The summed E-state index contributed by atoms with van der Waals surface area (Å²) in [6.45, 7) is 2.86. The number of aryl methyl sites for hydroxylation is 1. The summed E-state index contributed by atoms with van der Waals surface area (Å²) in [7, 11) is 0. The summed E-state index contributed by atoms with van der Waals surface area (Å²) in [5, 5.41) is 1.76. The van der Waals surface area contributed by atoms with Crippen LogP contribution >= 0.6 is 43.6 Å². The smallest absolute Gasteiger partial charge is 0.293 e. The van der Waals surface area contributed by atoms with E-state index in [1.54, 1.807) is 6.08 Å². The van der Waals surface area contributed by atoms with Crippen molar-refractivity contribution in [3.63, 3.8) is 0 Å². The number of nitrogens with zero attached hydrogens (tertiary/aromatic N) is 1. The first-order chi connectivity index (χ1) is 18.4. The molecule has 8 heteroatoms.